The number of ether oxygens (including phenoxy) is 4. The molecule has 0 saturated heterocycles. The van der Waals surface area contributed by atoms with Crippen molar-refractivity contribution in [3.63, 3.8) is 0 Å². The van der Waals surface area contributed by atoms with E-state index >= 15 is 0 Å². The molecule has 1 heterocycles. The molecule has 0 N–H and O–H groups in total. The van der Waals surface area contributed by atoms with Crippen LogP contribution in [-0.4, -0.2) is 69.5 Å². The van der Waals surface area contributed by atoms with Crippen molar-refractivity contribution in [2.75, 3.05) is 42.0 Å². The van der Waals surface area contributed by atoms with Crippen molar-refractivity contribution in [3.8, 4) is 23.0 Å². The molecular formula is C27H33N3O6. The average molecular weight is 496 g/mol. The summed E-state index contributed by atoms with van der Waals surface area (Å²) in [5.74, 6) is 2.20. The monoisotopic (exact) mass is 495 g/mol. The maximum atomic E-state index is 13.5. The van der Waals surface area contributed by atoms with E-state index in [0.717, 1.165) is 30.4 Å². The molecule has 1 fully saturated rings. The smallest absolute Gasteiger partial charge is 0.262 e. The zero-order chi connectivity index (χ0) is 25.8. The highest BCUT2D eigenvalue weighted by atomic mass is 16.5. The number of carbonyl (C=O) groups is 2. The van der Waals surface area contributed by atoms with E-state index in [0.29, 0.717) is 35.1 Å². The van der Waals surface area contributed by atoms with Crippen molar-refractivity contribution in [1.29, 1.82) is 0 Å². The Labute approximate surface area is 211 Å². The predicted octanol–water partition coefficient (Wildman–Crippen LogP) is 3.66. The van der Waals surface area contributed by atoms with Gasteiger partial charge in [0.2, 0.25) is 5.91 Å². The maximum absolute atomic E-state index is 13.5. The fourth-order valence-electron chi connectivity index (χ4n) is 4.58. The highest BCUT2D eigenvalue weighted by molar-refractivity contribution is 6.05. The van der Waals surface area contributed by atoms with Gasteiger partial charge in [0.25, 0.3) is 5.91 Å². The van der Waals surface area contributed by atoms with Gasteiger partial charge in [-0.15, -0.1) is 0 Å². The Balaban J connectivity index is 1.67. The van der Waals surface area contributed by atoms with Crippen LogP contribution in [-0.2, 0) is 9.59 Å². The van der Waals surface area contributed by atoms with Gasteiger partial charge in [0.1, 0.15) is 18.0 Å². The van der Waals surface area contributed by atoms with E-state index < -0.39 is 0 Å². The molecule has 1 aliphatic heterocycles. The van der Waals surface area contributed by atoms with Gasteiger partial charge in [-0.2, -0.15) is 5.10 Å². The van der Waals surface area contributed by atoms with Crippen LogP contribution in [0.5, 0.6) is 23.0 Å². The topological polar surface area (TPSA) is 89.9 Å². The fourth-order valence-corrected chi connectivity index (χ4v) is 4.58. The quantitative estimate of drug-likeness (QED) is 0.528. The summed E-state index contributed by atoms with van der Waals surface area (Å²) in [5, 5.41) is 6.22. The highest BCUT2D eigenvalue weighted by Crippen LogP contribution is 2.39. The number of benzene rings is 2. The summed E-state index contributed by atoms with van der Waals surface area (Å²) in [6.45, 7) is -0.0460. The number of methoxy groups -OCH3 is 4. The molecule has 0 spiro atoms. The van der Waals surface area contributed by atoms with Crippen LogP contribution < -0.4 is 18.9 Å². The van der Waals surface area contributed by atoms with E-state index in [-0.39, 0.29) is 30.3 Å². The van der Waals surface area contributed by atoms with Gasteiger partial charge in [-0.3, -0.25) is 9.59 Å². The lowest BCUT2D eigenvalue weighted by Gasteiger charge is -2.30. The van der Waals surface area contributed by atoms with E-state index in [9.17, 15) is 9.59 Å². The first-order chi connectivity index (χ1) is 17.4. The number of nitrogens with zero attached hydrogens (tertiary/aromatic N) is 3. The van der Waals surface area contributed by atoms with Crippen molar-refractivity contribution in [2.45, 2.75) is 31.7 Å². The number of hydrogen-bond acceptors (Lipinski definition) is 7. The molecule has 0 bridgehead atoms. The SMILES string of the molecule is COc1ccc(C2=NN(C(=O)CN(C)C(=O)C3CCC3)[C@H](c3ccc(OC)c(OC)c3)C2)c(OC)c1. The summed E-state index contributed by atoms with van der Waals surface area (Å²) in [4.78, 5) is 27.7. The minimum Gasteiger partial charge on any atom is -0.497 e. The molecule has 2 aromatic rings. The number of rotatable bonds is 9. The Morgan fingerprint density at radius 3 is 2.28 bits per heavy atom. The van der Waals surface area contributed by atoms with E-state index in [2.05, 4.69) is 0 Å². The van der Waals surface area contributed by atoms with Crippen LogP contribution in [0.4, 0.5) is 0 Å². The molecule has 2 amide bonds. The fraction of sp³-hybridized carbons (Fsp3) is 0.444. The third kappa shape index (κ3) is 4.96. The van der Waals surface area contributed by atoms with Crippen LogP contribution in [0.25, 0.3) is 0 Å². The van der Waals surface area contributed by atoms with Crippen LogP contribution >= 0.6 is 0 Å². The van der Waals surface area contributed by atoms with E-state index in [1.807, 2.05) is 30.3 Å². The lowest BCUT2D eigenvalue weighted by molar-refractivity contribution is -0.144. The Kier molecular flexibility index (Phi) is 7.67. The molecule has 192 valence electrons. The number of likely N-dealkylation sites (N-methyl/N-ethyl adjacent to an activating group) is 1. The van der Waals surface area contributed by atoms with Gasteiger partial charge in [-0.1, -0.05) is 12.5 Å². The van der Waals surface area contributed by atoms with Crippen molar-refractivity contribution in [3.05, 3.63) is 47.5 Å². The predicted molar refractivity (Wildman–Crippen MR) is 135 cm³/mol. The van der Waals surface area contributed by atoms with Crippen LogP contribution in [0, 0.1) is 5.92 Å². The molecule has 9 heteroatoms. The van der Waals surface area contributed by atoms with Crippen LogP contribution in [0.15, 0.2) is 41.5 Å². The summed E-state index contributed by atoms with van der Waals surface area (Å²) in [5.41, 5.74) is 2.33. The van der Waals surface area contributed by atoms with Gasteiger partial charge >= 0.3 is 0 Å². The molecule has 2 aliphatic rings. The number of hydrazone groups is 1. The summed E-state index contributed by atoms with van der Waals surface area (Å²) in [6, 6.07) is 10.7. The summed E-state index contributed by atoms with van der Waals surface area (Å²) in [7, 11) is 8.01. The second-order valence-electron chi connectivity index (χ2n) is 9.01. The number of hydrogen-bond donors (Lipinski definition) is 0. The maximum Gasteiger partial charge on any atom is 0.262 e. The highest BCUT2D eigenvalue weighted by Gasteiger charge is 2.36. The zero-order valence-electron chi connectivity index (χ0n) is 21.4. The van der Waals surface area contributed by atoms with Gasteiger partial charge in [0.15, 0.2) is 11.5 Å². The molecule has 0 unspecified atom stereocenters. The summed E-state index contributed by atoms with van der Waals surface area (Å²) in [6.07, 6.45) is 3.29. The molecule has 2 aromatic carbocycles. The van der Waals surface area contributed by atoms with Crippen molar-refractivity contribution in [2.24, 2.45) is 11.0 Å². The zero-order valence-corrected chi connectivity index (χ0v) is 21.4. The Morgan fingerprint density at radius 2 is 1.67 bits per heavy atom. The molecule has 1 atom stereocenters. The van der Waals surface area contributed by atoms with Crippen LogP contribution in [0.2, 0.25) is 0 Å². The largest absolute Gasteiger partial charge is 0.497 e. The molecule has 1 saturated carbocycles. The molecular weight excluding hydrogens is 462 g/mol. The Bertz CT molecular complexity index is 1160. The Hall–Kier alpha value is -3.75. The first kappa shape index (κ1) is 25.3. The normalized spacial score (nSPS) is 17.2. The van der Waals surface area contributed by atoms with Crippen molar-refractivity contribution < 1.29 is 28.5 Å². The number of carbonyl (C=O) groups excluding carboxylic acids is 2. The van der Waals surface area contributed by atoms with E-state index in [1.54, 1.807) is 41.6 Å². The Morgan fingerprint density at radius 1 is 0.944 bits per heavy atom. The van der Waals surface area contributed by atoms with Gasteiger partial charge in [-0.25, -0.2) is 5.01 Å². The number of amides is 2. The average Bonchev–Trinajstić information content (AvgIpc) is 3.32. The second-order valence-corrected chi connectivity index (χ2v) is 9.01. The summed E-state index contributed by atoms with van der Waals surface area (Å²) >= 11 is 0. The molecule has 36 heavy (non-hydrogen) atoms. The van der Waals surface area contributed by atoms with E-state index in [1.165, 1.54) is 9.91 Å². The first-order valence-corrected chi connectivity index (χ1v) is 12.0. The van der Waals surface area contributed by atoms with Gasteiger partial charge in [-0.05, 0) is 42.7 Å². The lowest BCUT2D eigenvalue weighted by atomic mass is 9.84. The van der Waals surface area contributed by atoms with Gasteiger partial charge in [0, 0.05) is 31.0 Å². The minimum atomic E-state index is -0.383. The molecule has 0 radical (unpaired) electrons. The third-order valence-corrected chi connectivity index (χ3v) is 6.88. The van der Waals surface area contributed by atoms with Crippen molar-refractivity contribution in [1.82, 2.24) is 9.91 Å². The van der Waals surface area contributed by atoms with Crippen LogP contribution in [0.3, 0.4) is 0 Å². The lowest BCUT2D eigenvalue weighted by Crippen LogP contribution is -2.42. The molecule has 9 nitrogen and oxygen atoms in total. The second kappa shape index (κ2) is 10.9. The molecule has 4 rings (SSSR count). The van der Waals surface area contributed by atoms with Gasteiger partial charge in [0.05, 0.1) is 40.2 Å². The first-order valence-electron chi connectivity index (χ1n) is 12.0. The molecule has 1 aliphatic carbocycles. The standard InChI is InChI=1S/C27H33N3O6/c1-29(27(32)17-7-6-8-17)16-26(31)30-22(18-9-12-23(34-3)25(13-18)36-5)15-21(28-30)20-11-10-19(33-2)14-24(20)35-4/h9-14,17,22H,6-8,15-16H2,1-5H3/t22-/m0/s1. The summed E-state index contributed by atoms with van der Waals surface area (Å²) < 4.78 is 21.8. The van der Waals surface area contributed by atoms with Gasteiger partial charge < -0.3 is 23.8 Å². The minimum absolute atomic E-state index is 0.0116. The third-order valence-electron chi connectivity index (χ3n) is 6.88. The van der Waals surface area contributed by atoms with Crippen LogP contribution in [0.1, 0.15) is 42.9 Å². The van der Waals surface area contributed by atoms with E-state index in [4.69, 9.17) is 24.0 Å². The molecule has 0 aromatic heterocycles. The van der Waals surface area contributed by atoms with Crippen molar-refractivity contribution >= 4 is 17.5 Å².